The lowest BCUT2D eigenvalue weighted by Gasteiger charge is -2.30. The number of anilines is 1. The molecule has 1 aliphatic rings. The van der Waals surface area contributed by atoms with Crippen LogP contribution >= 0.6 is 0 Å². The first kappa shape index (κ1) is 22.2. The monoisotopic (exact) mass is 438 g/mol. The number of carbonyl (C=O) groups excluding carboxylic acids is 1. The number of benzene rings is 3. The second-order valence-corrected chi connectivity index (χ2v) is 8.68. The maximum absolute atomic E-state index is 13.6. The molecule has 0 radical (unpaired) electrons. The van der Waals surface area contributed by atoms with Crippen molar-refractivity contribution in [2.75, 3.05) is 4.90 Å². The smallest absolute Gasteiger partial charge is 0.244 e. The fourth-order valence-electron chi connectivity index (χ4n) is 4.36. The maximum Gasteiger partial charge on any atom is 0.244 e. The molecule has 3 aromatic carbocycles. The quantitative estimate of drug-likeness (QED) is 0.612. The topological polar surface area (TPSA) is 79.9 Å². The third-order valence-electron chi connectivity index (χ3n) is 6.08. The van der Waals surface area contributed by atoms with Gasteiger partial charge in [-0.1, -0.05) is 24.3 Å². The lowest BCUT2D eigenvalue weighted by molar-refractivity contribution is -0.119. The number of carbonyl (C=O) groups is 1. The molecule has 0 spiro atoms. The Hall–Kier alpha value is -4.00. The minimum absolute atomic E-state index is 0.0951. The molecule has 33 heavy (non-hydrogen) atoms. The molecule has 0 aromatic heterocycles. The van der Waals surface area contributed by atoms with E-state index in [1.165, 1.54) is 12.1 Å². The predicted molar refractivity (Wildman–Crippen MR) is 124 cm³/mol. The Bertz CT molecular complexity index is 1250. The van der Waals surface area contributed by atoms with Crippen LogP contribution in [0.15, 0.2) is 72.8 Å². The molecular formula is C27H23FN4O. The first-order valence-corrected chi connectivity index (χ1v) is 10.7. The normalized spacial score (nSPS) is 18.1. The van der Waals surface area contributed by atoms with E-state index >= 15 is 0 Å². The summed E-state index contributed by atoms with van der Waals surface area (Å²) in [5.41, 5.74) is 2.90. The van der Waals surface area contributed by atoms with E-state index in [0.717, 1.165) is 11.1 Å². The zero-order valence-electron chi connectivity index (χ0n) is 18.4. The first-order valence-electron chi connectivity index (χ1n) is 10.7. The summed E-state index contributed by atoms with van der Waals surface area (Å²) >= 11 is 0. The summed E-state index contributed by atoms with van der Waals surface area (Å²) in [5, 5.41) is 21.9. The standard InChI is InChI=1S/C27H23FN4O/c1-27(2,21-8-10-22(28)11-9-21)31-24-15-25(20-5-3-4-19(14-20)17-30)32(26(24)33)23-12-6-18(16-29)7-13-23/h3-14,24-25,31H,15H2,1-2H3/t24-,25-/m1/s1. The molecule has 3 aromatic rings. The van der Waals surface area contributed by atoms with Crippen LogP contribution in [0.4, 0.5) is 10.1 Å². The van der Waals surface area contributed by atoms with Crippen LogP contribution in [-0.4, -0.2) is 11.9 Å². The average Bonchev–Trinajstić information content (AvgIpc) is 3.14. The predicted octanol–water partition coefficient (Wildman–Crippen LogP) is 4.94. The number of hydrogen-bond acceptors (Lipinski definition) is 4. The lowest BCUT2D eigenvalue weighted by atomic mass is 9.92. The molecule has 6 heteroatoms. The number of nitriles is 2. The Balaban J connectivity index is 1.70. The second-order valence-electron chi connectivity index (χ2n) is 8.68. The van der Waals surface area contributed by atoms with E-state index in [1.807, 2.05) is 32.0 Å². The van der Waals surface area contributed by atoms with E-state index in [-0.39, 0.29) is 17.8 Å². The summed E-state index contributed by atoms with van der Waals surface area (Å²) in [7, 11) is 0. The molecule has 1 amide bonds. The van der Waals surface area contributed by atoms with Gasteiger partial charge in [-0.2, -0.15) is 10.5 Å². The van der Waals surface area contributed by atoms with E-state index in [9.17, 15) is 14.4 Å². The van der Waals surface area contributed by atoms with Gasteiger partial charge < -0.3 is 4.90 Å². The van der Waals surface area contributed by atoms with Gasteiger partial charge in [-0.25, -0.2) is 4.39 Å². The summed E-state index contributed by atoms with van der Waals surface area (Å²) in [5.74, 6) is -0.404. The van der Waals surface area contributed by atoms with Crippen molar-refractivity contribution in [1.29, 1.82) is 10.5 Å². The third-order valence-corrected chi connectivity index (χ3v) is 6.08. The van der Waals surface area contributed by atoms with Crippen molar-refractivity contribution in [3.05, 3.63) is 101 Å². The molecule has 1 aliphatic heterocycles. The van der Waals surface area contributed by atoms with E-state index < -0.39 is 11.6 Å². The van der Waals surface area contributed by atoms with Crippen molar-refractivity contribution in [3.8, 4) is 12.1 Å². The van der Waals surface area contributed by atoms with Gasteiger partial charge in [0, 0.05) is 11.2 Å². The van der Waals surface area contributed by atoms with Gasteiger partial charge in [-0.3, -0.25) is 10.1 Å². The Morgan fingerprint density at radius 1 is 0.970 bits per heavy atom. The number of halogens is 1. The minimum Gasteiger partial charge on any atom is -0.304 e. The van der Waals surface area contributed by atoms with Crippen LogP contribution in [-0.2, 0) is 10.3 Å². The van der Waals surface area contributed by atoms with Gasteiger partial charge in [0.1, 0.15) is 5.82 Å². The van der Waals surface area contributed by atoms with E-state index in [2.05, 4.69) is 17.5 Å². The van der Waals surface area contributed by atoms with Crippen LogP contribution < -0.4 is 10.2 Å². The number of hydrogen-bond donors (Lipinski definition) is 1. The van der Waals surface area contributed by atoms with Crippen LogP contribution in [0.1, 0.15) is 48.6 Å². The third kappa shape index (κ3) is 4.48. The molecule has 4 rings (SSSR count). The number of amides is 1. The Kier molecular flexibility index (Phi) is 5.96. The van der Waals surface area contributed by atoms with Crippen LogP contribution in [0.2, 0.25) is 0 Å². The van der Waals surface area contributed by atoms with Gasteiger partial charge >= 0.3 is 0 Å². The van der Waals surface area contributed by atoms with Crippen LogP contribution in [0, 0.1) is 28.5 Å². The van der Waals surface area contributed by atoms with Gasteiger partial charge in [0.2, 0.25) is 5.91 Å². The van der Waals surface area contributed by atoms with Gasteiger partial charge in [0.05, 0.1) is 35.3 Å². The molecule has 0 unspecified atom stereocenters. The summed E-state index contributed by atoms with van der Waals surface area (Å²) in [4.78, 5) is 15.4. The maximum atomic E-state index is 13.6. The van der Waals surface area contributed by atoms with Gasteiger partial charge in [-0.05, 0) is 79.9 Å². The van der Waals surface area contributed by atoms with Gasteiger partial charge in [-0.15, -0.1) is 0 Å². The fourth-order valence-corrected chi connectivity index (χ4v) is 4.36. The molecule has 2 atom stereocenters. The molecule has 0 saturated carbocycles. The lowest BCUT2D eigenvalue weighted by Crippen LogP contribution is -2.47. The molecular weight excluding hydrogens is 415 g/mol. The molecule has 1 saturated heterocycles. The molecule has 0 aliphatic carbocycles. The molecule has 164 valence electrons. The number of nitrogens with zero attached hydrogens (tertiary/aromatic N) is 3. The first-order chi connectivity index (χ1) is 15.8. The van der Waals surface area contributed by atoms with Crippen LogP contribution in [0.5, 0.6) is 0 Å². The number of rotatable bonds is 5. The number of nitrogens with one attached hydrogen (secondary N) is 1. The molecule has 1 heterocycles. The van der Waals surface area contributed by atoms with Gasteiger partial charge in [0.15, 0.2) is 0 Å². The van der Waals surface area contributed by atoms with Crippen molar-refractivity contribution in [3.63, 3.8) is 0 Å². The summed E-state index contributed by atoms with van der Waals surface area (Å²) < 4.78 is 13.4. The van der Waals surface area contributed by atoms with Crippen molar-refractivity contribution < 1.29 is 9.18 Å². The highest BCUT2D eigenvalue weighted by Crippen LogP contribution is 2.39. The van der Waals surface area contributed by atoms with E-state index in [1.54, 1.807) is 47.4 Å². The van der Waals surface area contributed by atoms with Crippen molar-refractivity contribution in [1.82, 2.24) is 5.32 Å². The zero-order valence-corrected chi connectivity index (χ0v) is 18.4. The van der Waals surface area contributed by atoms with Crippen molar-refractivity contribution >= 4 is 11.6 Å². The highest BCUT2D eigenvalue weighted by Gasteiger charge is 2.43. The molecule has 1 N–H and O–H groups in total. The average molecular weight is 439 g/mol. The summed E-state index contributed by atoms with van der Waals surface area (Å²) in [6.07, 6.45) is 0.498. The highest BCUT2D eigenvalue weighted by atomic mass is 19.1. The Morgan fingerprint density at radius 2 is 1.64 bits per heavy atom. The molecule has 1 fully saturated rings. The highest BCUT2D eigenvalue weighted by molar-refractivity contribution is 6.00. The Labute approximate surface area is 192 Å². The largest absolute Gasteiger partial charge is 0.304 e. The van der Waals surface area contributed by atoms with Gasteiger partial charge in [0.25, 0.3) is 0 Å². The second kappa shape index (κ2) is 8.86. The molecule has 5 nitrogen and oxygen atoms in total. The summed E-state index contributed by atoms with van der Waals surface area (Å²) in [6.45, 7) is 3.92. The Morgan fingerprint density at radius 3 is 2.27 bits per heavy atom. The SMILES string of the molecule is CC(C)(N[C@@H]1C[C@H](c2cccc(C#N)c2)N(c2ccc(C#N)cc2)C1=O)c1ccc(F)cc1. The van der Waals surface area contributed by atoms with Crippen LogP contribution in [0.25, 0.3) is 0 Å². The minimum atomic E-state index is -0.576. The van der Waals surface area contributed by atoms with Crippen molar-refractivity contribution in [2.24, 2.45) is 0 Å². The molecule has 0 bridgehead atoms. The zero-order chi connectivity index (χ0) is 23.6. The van der Waals surface area contributed by atoms with Crippen LogP contribution in [0.3, 0.4) is 0 Å². The van der Waals surface area contributed by atoms with E-state index in [4.69, 9.17) is 5.26 Å². The van der Waals surface area contributed by atoms with Crippen molar-refractivity contribution in [2.45, 2.75) is 37.9 Å². The van der Waals surface area contributed by atoms with E-state index in [0.29, 0.717) is 23.2 Å². The summed E-state index contributed by atoms with van der Waals surface area (Å²) in [6, 6.07) is 23.9. The fraction of sp³-hybridized carbons (Fsp3) is 0.222.